The molecule has 0 saturated carbocycles. The van der Waals surface area contributed by atoms with Crippen LogP contribution >= 0.6 is 0 Å². The van der Waals surface area contributed by atoms with Crippen LogP contribution in [0.4, 0.5) is 0 Å². The fourth-order valence-corrected chi connectivity index (χ4v) is 3.46. The maximum atomic E-state index is 11.1. The van der Waals surface area contributed by atoms with Crippen LogP contribution in [0.25, 0.3) is 0 Å². The Morgan fingerprint density at radius 2 is 1.86 bits per heavy atom. The summed E-state index contributed by atoms with van der Waals surface area (Å²) in [6, 6.07) is 6.86. The van der Waals surface area contributed by atoms with E-state index in [4.69, 9.17) is 5.11 Å². The zero-order chi connectivity index (χ0) is 15.2. The van der Waals surface area contributed by atoms with Gasteiger partial charge in [0.25, 0.3) is 0 Å². The zero-order valence-electron chi connectivity index (χ0n) is 13.3. The molecular formula is C18H27NO2. The lowest BCUT2D eigenvalue weighted by Crippen LogP contribution is -2.38. The van der Waals surface area contributed by atoms with Crippen molar-refractivity contribution >= 4 is 5.97 Å². The van der Waals surface area contributed by atoms with E-state index in [9.17, 15) is 4.79 Å². The summed E-state index contributed by atoms with van der Waals surface area (Å²) in [5.74, 6) is -0.704. The van der Waals surface area contributed by atoms with Crippen LogP contribution < -0.4 is 0 Å². The number of carboxylic acid groups (broad SMARTS) is 1. The van der Waals surface area contributed by atoms with E-state index in [0.29, 0.717) is 0 Å². The molecule has 0 spiro atoms. The van der Waals surface area contributed by atoms with Crippen molar-refractivity contribution < 1.29 is 9.90 Å². The lowest BCUT2D eigenvalue weighted by atomic mass is 9.89. The Morgan fingerprint density at radius 1 is 1.19 bits per heavy atom. The molecule has 0 aliphatic heterocycles. The van der Waals surface area contributed by atoms with E-state index in [1.807, 2.05) is 0 Å². The lowest BCUT2D eigenvalue weighted by molar-refractivity contribution is -0.138. The Balaban J connectivity index is 2.13. The third-order valence-electron chi connectivity index (χ3n) is 4.62. The highest BCUT2D eigenvalue weighted by Gasteiger charge is 2.20. The Kier molecular flexibility index (Phi) is 5.80. The number of hydrogen-bond acceptors (Lipinski definition) is 2. The third-order valence-corrected chi connectivity index (χ3v) is 4.62. The van der Waals surface area contributed by atoms with Gasteiger partial charge in [0.15, 0.2) is 0 Å². The molecule has 21 heavy (non-hydrogen) atoms. The molecule has 0 amide bonds. The molecule has 1 N–H and O–H groups in total. The summed E-state index contributed by atoms with van der Waals surface area (Å²) in [5.41, 5.74) is 4.25. The van der Waals surface area contributed by atoms with E-state index in [2.05, 4.69) is 36.9 Å². The van der Waals surface area contributed by atoms with Gasteiger partial charge in [-0.3, -0.25) is 4.79 Å². The van der Waals surface area contributed by atoms with Crippen molar-refractivity contribution in [3.63, 3.8) is 0 Å². The summed E-state index contributed by atoms with van der Waals surface area (Å²) in [6.45, 7) is 6.01. The van der Waals surface area contributed by atoms with Crippen LogP contribution in [0, 0.1) is 0 Å². The van der Waals surface area contributed by atoms with Gasteiger partial charge in [-0.1, -0.05) is 32.0 Å². The molecule has 3 heteroatoms. The van der Waals surface area contributed by atoms with Gasteiger partial charge in [0.1, 0.15) is 0 Å². The van der Waals surface area contributed by atoms with Crippen molar-refractivity contribution in [1.29, 1.82) is 0 Å². The molecule has 1 aliphatic rings. The molecule has 1 atom stereocenters. The number of aryl methyl sites for hydroxylation is 2. The number of likely N-dealkylation sites (N-methyl/N-ethyl adjacent to an activating group) is 1. The average molecular weight is 289 g/mol. The topological polar surface area (TPSA) is 40.5 Å². The number of fused-ring (bicyclic) bond motifs is 1. The van der Waals surface area contributed by atoms with Gasteiger partial charge in [-0.25, -0.2) is 0 Å². The highest BCUT2D eigenvalue weighted by atomic mass is 16.4. The van der Waals surface area contributed by atoms with Crippen LogP contribution in [0.3, 0.4) is 0 Å². The minimum Gasteiger partial charge on any atom is -0.481 e. The normalized spacial score (nSPS) is 15.8. The van der Waals surface area contributed by atoms with Gasteiger partial charge in [-0.2, -0.15) is 0 Å². The zero-order valence-corrected chi connectivity index (χ0v) is 13.3. The molecule has 0 aromatic heterocycles. The first-order valence-corrected chi connectivity index (χ1v) is 8.20. The molecule has 2 rings (SSSR count). The summed E-state index contributed by atoms with van der Waals surface area (Å²) in [4.78, 5) is 13.4. The van der Waals surface area contributed by atoms with E-state index in [1.54, 1.807) is 0 Å². The largest absolute Gasteiger partial charge is 0.481 e. The van der Waals surface area contributed by atoms with Gasteiger partial charge < -0.3 is 10.0 Å². The molecule has 3 nitrogen and oxygen atoms in total. The van der Waals surface area contributed by atoms with E-state index < -0.39 is 5.97 Å². The van der Waals surface area contributed by atoms with E-state index in [-0.39, 0.29) is 12.5 Å². The Bertz CT molecular complexity index is 480. The summed E-state index contributed by atoms with van der Waals surface area (Å²) >= 11 is 0. The predicted molar refractivity (Wildman–Crippen MR) is 85.7 cm³/mol. The fraction of sp³-hybridized carbons (Fsp3) is 0.611. The molecule has 1 aromatic rings. The van der Waals surface area contributed by atoms with Crippen molar-refractivity contribution in [2.45, 2.75) is 58.4 Å². The number of carbonyl (C=O) groups is 1. The summed E-state index contributed by atoms with van der Waals surface area (Å²) in [7, 11) is 0. The van der Waals surface area contributed by atoms with Gasteiger partial charge in [0.05, 0.1) is 6.42 Å². The first kappa shape index (κ1) is 16.0. The van der Waals surface area contributed by atoms with Gasteiger partial charge in [0, 0.05) is 6.04 Å². The van der Waals surface area contributed by atoms with Crippen LogP contribution in [-0.2, 0) is 24.1 Å². The Morgan fingerprint density at radius 3 is 2.48 bits per heavy atom. The molecule has 1 aliphatic carbocycles. The SMILES string of the molecule is CCN(CC)C(CC(=O)O)Cc1ccc2c(c1)CCCC2. The molecule has 0 heterocycles. The summed E-state index contributed by atoms with van der Waals surface area (Å²) < 4.78 is 0. The van der Waals surface area contributed by atoms with Crippen LogP contribution in [0.2, 0.25) is 0 Å². The highest BCUT2D eigenvalue weighted by molar-refractivity contribution is 5.67. The van der Waals surface area contributed by atoms with Crippen molar-refractivity contribution in [2.75, 3.05) is 13.1 Å². The minimum atomic E-state index is -0.704. The van der Waals surface area contributed by atoms with E-state index in [0.717, 1.165) is 19.5 Å². The Labute approximate surface area is 128 Å². The number of nitrogens with zero attached hydrogens (tertiary/aromatic N) is 1. The second kappa shape index (κ2) is 7.60. The number of aliphatic carboxylic acids is 1. The van der Waals surface area contributed by atoms with Crippen LogP contribution in [0.15, 0.2) is 18.2 Å². The van der Waals surface area contributed by atoms with Crippen molar-refractivity contribution in [3.8, 4) is 0 Å². The maximum Gasteiger partial charge on any atom is 0.304 e. The summed E-state index contributed by atoms with van der Waals surface area (Å²) in [6.07, 6.45) is 6.01. The van der Waals surface area contributed by atoms with Gasteiger partial charge in [-0.05, 0) is 61.9 Å². The standard InChI is InChI=1S/C18H27NO2/c1-3-19(4-2)17(13-18(20)21)12-14-9-10-15-7-5-6-8-16(15)11-14/h9-11,17H,3-8,12-13H2,1-2H3,(H,20,21). The number of rotatable bonds is 7. The molecule has 0 bridgehead atoms. The molecule has 1 aromatic carbocycles. The van der Waals surface area contributed by atoms with Crippen molar-refractivity contribution in [2.24, 2.45) is 0 Å². The quantitative estimate of drug-likeness (QED) is 0.837. The first-order chi connectivity index (χ1) is 10.1. The lowest BCUT2D eigenvalue weighted by Gasteiger charge is -2.29. The minimum absolute atomic E-state index is 0.0964. The third kappa shape index (κ3) is 4.31. The number of hydrogen-bond donors (Lipinski definition) is 1. The second-order valence-corrected chi connectivity index (χ2v) is 5.99. The second-order valence-electron chi connectivity index (χ2n) is 5.99. The Hall–Kier alpha value is -1.35. The molecule has 1 unspecified atom stereocenters. The number of benzene rings is 1. The smallest absolute Gasteiger partial charge is 0.304 e. The monoisotopic (exact) mass is 289 g/mol. The predicted octanol–water partition coefficient (Wildman–Crippen LogP) is 3.29. The summed E-state index contributed by atoms with van der Waals surface area (Å²) in [5, 5.41) is 9.17. The molecule has 0 fully saturated rings. The van der Waals surface area contributed by atoms with Crippen LogP contribution in [0.5, 0.6) is 0 Å². The molecule has 0 radical (unpaired) electrons. The van der Waals surface area contributed by atoms with Crippen molar-refractivity contribution in [1.82, 2.24) is 4.90 Å². The molecular weight excluding hydrogens is 262 g/mol. The molecule has 0 saturated heterocycles. The number of carboxylic acids is 1. The van der Waals surface area contributed by atoms with E-state index >= 15 is 0 Å². The highest BCUT2D eigenvalue weighted by Crippen LogP contribution is 2.23. The van der Waals surface area contributed by atoms with Gasteiger partial charge >= 0.3 is 5.97 Å². The van der Waals surface area contributed by atoms with Crippen LogP contribution in [-0.4, -0.2) is 35.1 Å². The van der Waals surface area contributed by atoms with Gasteiger partial charge in [-0.15, -0.1) is 0 Å². The average Bonchev–Trinajstić information content (AvgIpc) is 2.47. The maximum absolute atomic E-state index is 11.1. The first-order valence-electron chi connectivity index (χ1n) is 8.20. The van der Waals surface area contributed by atoms with E-state index in [1.165, 1.54) is 42.4 Å². The molecule has 116 valence electrons. The van der Waals surface area contributed by atoms with Crippen LogP contribution in [0.1, 0.15) is 49.8 Å². The fourth-order valence-electron chi connectivity index (χ4n) is 3.46. The van der Waals surface area contributed by atoms with Crippen molar-refractivity contribution in [3.05, 3.63) is 34.9 Å². The van der Waals surface area contributed by atoms with Gasteiger partial charge in [0.2, 0.25) is 0 Å².